The molecule has 0 amide bonds. The van der Waals surface area contributed by atoms with Crippen molar-refractivity contribution >= 4 is 0 Å². The number of benzene rings is 4. The van der Waals surface area contributed by atoms with Crippen LogP contribution in [-0.2, 0) is 10.8 Å². The number of rotatable bonds is 4. The van der Waals surface area contributed by atoms with Crippen molar-refractivity contribution in [2.75, 3.05) is 0 Å². The van der Waals surface area contributed by atoms with Crippen molar-refractivity contribution in [1.82, 2.24) is 0 Å². The van der Waals surface area contributed by atoms with Gasteiger partial charge in [-0.15, -0.1) is 0 Å². The van der Waals surface area contributed by atoms with Crippen molar-refractivity contribution in [3.63, 3.8) is 0 Å². The normalized spacial score (nSPS) is 11.6. The molecule has 0 heterocycles. The largest absolute Gasteiger partial charge is 0.508 e. The number of phenols is 4. The Morgan fingerprint density at radius 1 is 0.395 bits per heavy atom. The molecule has 0 saturated heterocycles. The molecule has 4 aromatic rings. The lowest BCUT2D eigenvalue weighted by atomic mass is 9.76. The quantitative estimate of drug-likeness (QED) is 0.223. The average Bonchev–Trinajstić information content (AvgIpc) is 2.86. The van der Waals surface area contributed by atoms with E-state index in [1.807, 2.05) is 76.2 Å². The molecule has 0 bridgehead atoms. The van der Waals surface area contributed by atoms with Crippen LogP contribution < -0.4 is 0 Å². The molecule has 4 nitrogen and oxygen atoms in total. The Labute approximate surface area is 226 Å². The molecule has 0 saturated carbocycles. The Balaban J connectivity index is 0.000000215. The van der Waals surface area contributed by atoms with Crippen molar-refractivity contribution in [3.8, 4) is 23.0 Å². The summed E-state index contributed by atoms with van der Waals surface area (Å²) in [4.78, 5) is 0. The number of phenolic OH excluding ortho intramolecular Hbond substituents is 4. The van der Waals surface area contributed by atoms with Crippen LogP contribution in [0.3, 0.4) is 0 Å². The van der Waals surface area contributed by atoms with Crippen molar-refractivity contribution in [1.29, 1.82) is 0 Å². The van der Waals surface area contributed by atoms with Crippen LogP contribution in [0.15, 0.2) is 72.8 Å². The van der Waals surface area contributed by atoms with E-state index in [9.17, 15) is 20.4 Å². The van der Waals surface area contributed by atoms with Gasteiger partial charge in [-0.3, -0.25) is 0 Å². The molecule has 0 radical (unpaired) electrons. The Hall–Kier alpha value is -3.92. The van der Waals surface area contributed by atoms with Crippen LogP contribution >= 0.6 is 0 Å². The minimum atomic E-state index is -0.188. The molecule has 200 valence electrons. The average molecular weight is 513 g/mol. The topological polar surface area (TPSA) is 80.9 Å². The van der Waals surface area contributed by atoms with Gasteiger partial charge in [0.1, 0.15) is 23.0 Å². The number of hydrogen-bond donors (Lipinski definition) is 4. The van der Waals surface area contributed by atoms with Gasteiger partial charge < -0.3 is 20.4 Å². The molecule has 4 aromatic carbocycles. The maximum absolute atomic E-state index is 9.96. The molecule has 4 rings (SSSR count). The van der Waals surface area contributed by atoms with Crippen LogP contribution in [0, 0.1) is 27.7 Å². The Kier molecular flexibility index (Phi) is 8.16. The monoisotopic (exact) mass is 512 g/mol. The molecular weight excluding hydrogens is 472 g/mol. The smallest absolute Gasteiger partial charge is 0.121 e. The summed E-state index contributed by atoms with van der Waals surface area (Å²) >= 11 is 0. The maximum Gasteiger partial charge on any atom is 0.121 e. The van der Waals surface area contributed by atoms with Gasteiger partial charge in [0.25, 0.3) is 0 Å². The Bertz CT molecular complexity index is 1260. The van der Waals surface area contributed by atoms with E-state index in [0.717, 1.165) is 33.4 Å². The van der Waals surface area contributed by atoms with Crippen LogP contribution in [0.4, 0.5) is 0 Å². The molecule has 4 heteroatoms. The van der Waals surface area contributed by atoms with Gasteiger partial charge in [0.05, 0.1) is 0 Å². The van der Waals surface area contributed by atoms with E-state index in [2.05, 4.69) is 27.7 Å². The van der Waals surface area contributed by atoms with Gasteiger partial charge in [-0.05, 0) is 96.5 Å². The van der Waals surface area contributed by atoms with Crippen LogP contribution in [0.25, 0.3) is 0 Å². The third kappa shape index (κ3) is 5.96. The zero-order valence-electron chi connectivity index (χ0n) is 23.7. The first-order valence-corrected chi connectivity index (χ1v) is 12.8. The Morgan fingerprint density at radius 2 is 0.632 bits per heavy atom. The summed E-state index contributed by atoms with van der Waals surface area (Å²) in [5, 5.41) is 38.5. The summed E-state index contributed by atoms with van der Waals surface area (Å²) in [5.74, 6) is 1.28. The summed E-state index contributed by atoms with van der Waals surface area (Å²) in [6.07, 6.45) is 0. The lowest BCUT2D eigenvalue weighted by Gasteiger charge is -2.28. The summed E-state index contributed by atoms with van der Waals surface area (Å²) in [7, 11) is 0. The summed E-state index contributed by atoms with van der Waals surface area (Å²) < 4.78 is 0. The molecule has 0 aromatic heterocycles. The molecule has 0 aliphatic rings. The standard InChI is InChI=1S/C19H24O2.C15H16O2/c1-11-7-15(8-12(2)17(11)20)19(5,6)16-9-13(3)18(21)14(4)10-16;1-15(2,11-3-7-13(16)8-4-11)12-5-9-14(17)10-6-12/h7-10,20-21H,1-6H3;3-10,16-17H,1-2H3. The number of aryl methyl sites for hydroxylation is 4. The molecule has 0 atom stereocenters. The predicted octanol–water partition coefficient (Wildman–Crippen LogP) is 8.08. The second-order valence-electron chi connectivity index (χ2n) is 11.3. The predicted molar refractivity (Wildman–Crippen MR) is 156 cm³/mol. The van der Waals surface area contributed by atoms with Gasteiger partial charge in [-0.1, -0.05) is 76.2 Å². The van der Waals surface area contributed by atoms with Crippen LogP contribution in [0.1, 0.15) is 72.2 Å². The Morgan fingerprint density at radius 3 is 0.895 bits per heavy atom. The van der Waals surface area contributed by atoms with E-state index in [-0.39, 0.29) is 22.3 Å². The minimum absolute atomic E-state index is 0.151. The molecular formula is C34H40O4. The highest BCUT2D eigenvalue weighted by atomic mass is 16.3. The zero-order valence-corrected chi connectivity index (χ0v) is 23.7. The van der Waals surface area contributed by atoms with Gasteiger partial charge in [0.2, 0.25) is 0 Å². The van der Waals surface area contributed by atoms with Gasteiger partial charge in [0.15, 0.2) is 0 Å². The molecule has 38 heavy (non-hydrogen) atoms. The molecule has 4 N–H and O–H groups in total. The first-order chi connectivity index (χ1) is 17.6. The molecule has 0 aliphatic carbocycles. The molecule has 0 aliphatic heterocycles. The highest BCUT2D eigenvalue weighted by molar-refractivity contribution is 5.51. The van der Waals surface area contributed by atoms with Gasteiger partial charge in [-0.2, -0.15) is 0 Å². The van der Waals surface area contributed by atoms with E-state index in [4.69, 9.17) is 0 Å². The van der Waals surface area contributed by atoms with E-state index in [0.29, 0.717) is 11.5 Å². The maximum atomic E-state index is 9.96. The van der Waals surface area contributed by atoms with Crippen LogP contribution in [0.2, 0.25) is 0 Å². The third-order valence-corrected chi connectivity index (χ3v) is 7.60. The highest BCUT2D eigenvalue weighted by Crippen LogP contribution is 2.38. The summed E-state index contributed by atoms with van der Waals surface area (Å²) in [6.45, 7) is 16.3. The van der Waals surface area contributed by atoms with E-state index in [1.54, 1.807) is 24.3 Å². The van der Waals surface area contributed by atoms with Crippen molar-refractivity contribution in [2.45, 2.75) is 66.2 Å². The second kappa shape index (κ2) is 10.8. The molecule has 0 spiro atoms. The van der Waals surface area contributed by atoms with Gasteiger partial charge in [0, 0.05) is 10.8 Å². The van der Waals surface area contributed by atoms with E-state index in [1.165, 1.54) is 11.1 Å². The third-order valence-electron chi connectivity index (χ3n) is 7.60. The fourth-order valence-electron chi connectivity index (χ4n) is 4.72. The first-order valence-electron chi connectivity index (χ1n) is 12.8. The zero-order chi connectivity index (χ0) is 28.4. The van der Waals surface area contributed by atoms with Crippen molar-refractivity contribution in [3.05, 3.63) is 117 Å². The SMILES string of the molecule is CC(C)(c1ccc(O)cc1)c1ccc(O)cc1.Cc1cc(C(C)(C)c2cc(C)c(O)c(C)c2)cc(C)c1O. The first kappa shape index (κ1) is 28.6. The van der Waals surface area contributed by atoms with Crippen LogP contribution in [-0.4, -0.2) is 20.4 Å². The van der Waals surface area contributed by atoms with Crippen LogP contribution in [0.5, 0.6) is 23.0 Å². The van der Waals surface area contributed by atoms with E-state index < -0.39 is 0 Å². The van der Waals surface area contributed by atoms with Gasteiger partial charge in [-0.25, -0.2) is 0 Å². The minimum Gasteiger partial charge on any atom is -0.508 e. The highest BCUT2D eigenvalue weighted by Gasteiger charge is 2.26. The fraction of sp³-hybridized carbons (Fsp3) is 0.294. The van der Waals surface area contributed by atoms with Crippen molar-refractivity contribution in [2.24, 2.45) is 0 Å². The molecule has 0 unspecified atom stereocenters. The fourth-order valence-corrected chi connectivity index (χ4v) is 4.72. The molecule has 0 fully saturated rings. The lowest BCUT2D eigenvalue weighted by molar-refractivity contribution is 0.465. The van der Waals surface area contributed by atoms with Crippen molar-refractivity contribution < 1.29 is 20.4 Å². The lowest BCUT2D eigenvalue weighted by Crippen LogP contribution is -2.19. The number of hydrogen-bond acceptors (Lipinski definition) is 4. The summed E-state index contributed by atoms with van der Waals surface area (Å²) in [6, 6.07) is 22.6. The number of aromatic hydroxyl groups is 4. The van der Waals surface area contributed by atoms with Gasteiger partial charge >= 0.3 is 0 Å². The second-order valence-corrected chi connectivity index (χ2v) is 11.3. The summed E-state index contributed by atoms with van der Waals surface area (Å²) in [5.41, 5.74) is 7.82. The van der Waals surface area contributed by atoms with E-state index >= 15 is 0 Å².